The summed E-state index contributed by atoms with van der Waals surface area (Å²) in [5.74, 6) is 1.55. The van der Waals surface area contributed by atoms with Crippen LogP contribution in [0.2, 0.25) is 0 Å². The Bertz CT molecular complexity index is 1040. The molecule has 4 rings (SSSR count). The molecular formula is C17H18N4O3S2. The number of thiophene rings is 1. The van der Waals surface area contributed by atoms with Crippen molar-refractivity contribution in [3.63, 3.8) is 0 Å². The van der Waals surface area contributed by atoms with E-state index in [9.17, 15) is 9.59 Å². The van der Waals surface area contributed by atoms with Crippen LogP contribution in [0, 0.1) is 12.8 Å². The van der Waals surface area contributed by atoms with Crippen molar-refractivity contribution in [2.24, 2.45) is 5.92 Å². The fraction of sp³-hybridized carbons (Fsp3) is 0.412. The first-order chi connectivity index (χ1) is 12.5. The number of carbonyl (C=O) groups excluding carboxylic acids is 1. The number of nitrogens with one attached hydrogen (secondary N) is 2. The molecule has 3 aromatic heterocycles. The second-order valence-corrected chi connectivity index (χ2v) is 8.61. The molecule has 0 aromatic carbocycles. The molecule has 0 spiro atoms. The molecule has 0 saturated heterocycles. The summed E-state index contributed by atoms with van der Waals surface area (Å²) in [4.78, 5) is 33.9. The topological polar surface area (TPSA) is 101 Å². The molecular weight excluding hydrogens is 372 g/mol. The summed E-state index contributed by atoms with van der Waals surface area (Å²) in [5, 5.41) is 7.55. The number of carbonyl (C=O) groups is 1. The van der Waals surface area contributed by atoms with Gasteiger partial charge in [-0.1, -0.05) is 23.8 Å². The van der Waals surface area contributed by atoms with Crippen molar-refractivity contribution in [2.45, 2.75) is 38.3 Å². The van der Waals surface area contributed by atoms with Gasteiger partial charge in [-0.15, -0.1) is 11.3 Å². The van der Waals surface area contributed by atoms with Gasteiger partial charge in [-0.2, -0.15) is 0 Å². The third-order valence-electron chi connectivity index (χ3n) is 4.38. The average Bonchev–Trinajstić information content (AvgIpc) is 3.15. The Morgan fingerprint density at radius 1 is 1.54 bits per heavy atom. The first kappa shape index (κ1) is 17.3. The summed E-state index contributed by atoms with van der Waals surface area (Å²) in [6.45, 7) is 3.99. The Morgan fingerprint density at radius 3 is 3.15 bits per heavy atom. The molecule has 9 heteroatoms. The van der Waals surface area contributed by atoms with Crippen molar-refractivity contribution in [3.05, 3.63) is 32.6 Å². The van der Waals surface area contributed by atoms with Crippen molar-refractivity contribution < 1.29 is 9.32 Å². The molecule has 0 unspecified atom stereocenters. The van der Waals surface area contributed by atoms with Crippen LogP contribution in [0.15, 0.2) is 20.5 Å². The molecule has 3 aromatic rings. The summed E-state index contributed by atoms with van der Waals surface area (Å²) < 4.78 is 4.91. The maximum atomic E-state index is 12.5. The molecule has 3 heterocycles. The van der Waals surface area contributed by atoms with Gasteiger partial charge in [-0.05, 0) is 37.7 Å². The van der Waals surface area contributed by atoms with Crippen LogP contribution in [0.1, 0.15) is 29.5 Å². The van der Waals surface area contributed by atoms with E-state index in [1.54, 1.807) is 24.3 Å². The summed E-state index contributed by atoms with van der Waals surface area (Å²) in [6, 6.07) is 1.64. The van der Waals surface area contributed by atoms with E-state index >= 15 is 0 Å². The van der Waals surface area contributed by atoms with Crippen molar-refractivity contribution in [1.29, 1.82) is 0 Å². The van der Waals surface area contributed by atoms with Crippen molar-refractivity contribution in [2.75, 3.05) is 11.1 Å². The minimum atomic E-state index is -0.231. The van der Waals surface area contributed by atoms with Gasteiger partial charge < -0.3 is 14.8 Å². The molecule has 1 aliphatic carbocycles. The van der Waals surface area contributed by atoms with Crippen molar-refractivity contribution in [1.82, 2.24) is 15.1 Å². The maximum absolute atomic E-state index is 12.5. The molecule has 26 heavy (non-hydrogen) atoms. The van der Waals surface area contributed by atoms with Gasteiger partial charge in [-0.3, -0.25) is 9.59 Å². The minimum Gasteiger partial charge on any atom is -0.360 e. The fourth-order valence-electron chi connectivity index (χ4n) is 3.14. The third kappa shape index (κ3) is 3.41. The van der Waals surface area contributed by atoms with Crippen LogP contribution in [-0.2, 0) is 17.6 Å². The highest BCUT2D eigenvalue weighted by atomic mass is 32.2. The lowest BCUT2D eigenvalue weighted by Gasteiger charge is -2.17. The van der Waals surface area contributed by atoms with E-state index in [2.05, 4.69) is 27.4 Å². The Balaban J connectivity index is 1.50. The molecule has 0 saturated carbocycles. The van der Waals surface area contributed by atoms with Gasteiger partial charge in [0.1, 0.15) is 10.6 Å². The number of nitrogens with zero attached hydrogens (tertiary/aromatic N) is 2. The van der Waals surface area contributed by atoms with Gasteiger partial charge in [0.25, 0.3) is 5.56 Å². The second-order valence-electron chi connectivity index (χ2n) is 6.56. The Labute approximate surface area is 157 Å². The second kappa shape index (κ2) is 6.88. The first-order valence-electron chi connectivity index (χ1n) is 8.40. The molecule has 1 aliphatic rings. The van der Waals surface area contributed by atoms with Crippen LogP contribution in [-0.4, -0.2) is 26.8 Å². The summed E-state index contributed by atoms with van der Waals surface area (Å²) >= 11 is 2.80. The highest BCUT2D eigenvalue weighted by molar-refractivity contribution is 7.99. The van der Waals surface area contributed by atoms with Crippen LogP contribution < -0.4 is 10.9 Å². The SMILES string of the molecule is Cc1cc(NC(=O)CSc2nc3sc4c(c3c(=O)[nH]2)CC[C@@H](C)C4)no1. The summed E-state index contributed by atoms with van der Waals surface area (Å²) in [5.41, 5.74) is 1.05. The Hall–Kier alpha value is -2.13. The Morgan fingerprint density at radius 2 is 2.38 bits per heavy atom. The van der Waals surface area contributed by atoms with Crippen LogP contribution >= 0.6 is 23.1 Å². The largest absolute Gasteiger partial charge is 0.360 e. The predicted molar refractivity (Wildman–Crippen MR) is 102 cm³/mol. The fourth-order valence-corrected chi connectivity index (χ4v) is 5.24. The van der Waals surface area contributed by atoms with Gasteiger partial charge in [0.05, 0.1) is 11.1 Å². The lowest BCUT2D eigenvalue weighted by atomic mass is 9.89. The van der Waals surface area contributed by atoms with E-state index in [4.69, 9.17) is 4.52 Å². The smallest absolute Gasteiger partial charge is 0.260 e. The molecule has 1 atom stereocenters. The van der Waals surface area contributed by atoms with Crippen LogP contribution in [0.25, 0.3) is 10.2 Å². The van der Waals surface area contributed by atoms with E-state index < -0.39 is 0 Å². The number of fused-ring (bicyclic) bond motifs is 3. The molecule has 0 bridgehead atoms. The van der Waals surface area contributed by atoms with Crippen LogP contribution in [0.4, 0.5) is 5.82 Å². The number of aryl methyl sites for hydroxylation is 2. The monoisotopic (exact) mass is 390 g/mol. The first-order valence-corrected chi connectivity index (χ1v) is 10.2. The molecule has 0 fully saturated rings. The van der Waals surface area contributed by atoms with Gasteiger partial charge in [0.2, 0.25) is 5.91 Å². The van der Waals surface area contributed by atoms with Gasteiger partial charge >= 0.3 is 0 Å². The summed E-state index contributed by atoms with van der Waals surface area (Å²) in [6.07, 6.45) is 3.06. The zero-order chi connectivity index (χ0) is 18.3. The van der Waals surface area contributed by atoms with Gasteiger partial charge in [-0.25, -0.2) is 4.98 Å². The number of hydrogen-bond acceptors (Lipinski definition) is 7. The number of anilines is 1. The van der Waals surface area contributed by atoms with Crippen molar-refractivity contribution >= 4 is 45.0 Å². The zero-order valence-corrected chi connectivity index (χ0v) is 16.1. The van der Waals surface area contributed by atoms with E-state index in [0.717, 1.165) is 35.0 Å². The number of aromatic amines is 1. The molecule has 1 amide bonds. The highest BCUT2D eigenvalue weighted by Crippen LogP contribution is 2.36. The van der Waals surface area contributed by atoms with E-state index in [1.165, 1.54) is 16.6 Å². The number of H-pyrrole nitrogens is 1. The predicted octanol–water partition coefficient (Wildman–Crippen LogP) is 3.14. The molecule has 0 radical (unpaired) electrons. The van der Waals surface area contributed by atoms with Gasteiger partial charge in [0.15, 0.2) is 11.0 Å². The number of amides is 1. The number of rotatable bonds is 4. The third-order valence-corrected chi connectivity index (χ3v) is 6.40. The maximum Gasteiger partial charge on any atom is 0.260 e. The lowest BCUT2D eigenvalue weighted by Crippen LogP contribution is -2.16. The molecule has 7 nitrogen and oxygen atoms in total. The lowest BCUT2D eigenvalue weighted by molar-refractivity contribution is -0.113. The standard InChI is InChI=1S/C17H18N4O3S2/c1-8-3-4-10-11(5-8)26-16-14(10)15(23)19-17(20-16)25-7-13(22)18-12-6-9(2)24-21-12/h6,8H,3-5,7H2,1-2H3,(H,18,21,22)(H,19,20,23)/t8-/m1/s1. The molecule has 0 aliphatic heterocycles. The minimum absolute atomic E-state index is 0.114. The van der Waals surface area contributed by atoms with E-state index in [-0.39, 0.29) is 17.2 Å². The quantitative estimate of drug-likeness (QED) is 0.524. The number of aromatic nitrogens is 3. The van der Waals surface area contributed by atoms with Crippen LogP contribution in [0.5, 0.6) is 0 Å². The van der Waals surface area contributed by atoms with Gasteiger partial charge in [0, 0.05) is 10.9 Å². The van der Waals surface area contributed by atoms with E-state index in [1.807, 2.05) is 0 Å². The number of hydrogen-bond donors (Lipinski definition) is 2. The Kier molecular flexibility index (Phi) is 4.58. The summed E-state index contributed by atoms with van der Waals surface area (Å²) in [7, 11) is 0. The van der Waals surface area contributed by atoms with Crippen LogP contribution in [0.3, 0.4) is 0 Å². The van der Waals surface area contributed by atoms with Crippen molar-refractivity contribution in [3.8, 4) is 0 Å². The molecule has 136 valence electrons. The van der Waals surface area contributed by atoms with E-state index in [0.29, 0.717) is 22.7 Å². The highest BCUT2D eigenvalue weighted by Gasteiger charge is 2.23. The normalized spacial score (nSPS) is 16.6. The zero-order valence-electron chi connectivity index (χ0n) is 14.4. The number of thioether (sulfide) groups is 1. The average molecular weight is 390 g/mol. The molecule has 2 N–H and O–H groups in total.